The Bertz CT molecular complexity index is 563. The van der Waals surface area contributed by atoms with Gasteiger partial charge in [-0.1, -0.05) is 25.1 Å². The Morgan fingerprint density at radius 2 is 1.79 bits per heavy atom. The molecule has 0 fully saturated rings. The van der Waals surface area contributed by atoms with Crippen LogP contribution in [0.15, 0.2) is 41.5 Å². The van der Waals surface area contributed by atoms with Crippen LogP contribution in [0.3, 0.4) is 0 Å². The van der Waals surface area contributed by atoms with Gasteiger partial charge in [-0.2, -0.15) is 5.01 Å². The highest BCUT2D eigenvalue weighted by Gasteiger charge is 2.40. The highest BCUT2D eigenvalue weighted by atomic mass is 16.2. The van der Waals surface area contributed by atoms with Gasteiger partial charge in [-0.05, 0) is 37.3 Å². The van der Waals surface area contributed by atoms with E-state index in [1.54, 1.807) is 0 Å². The zero-order valence-corrected chi connectivity index (χ0v) is 10.8. The minimum atomic E-state index is -0.185. The molecule has 98 valence electrons. The third-order valence-corrected chi connectivity index (χ3v) is 3.74. The average Bonchev–Trinajstić information content (AvgIpc) is 2.65. The maximum atomic E-state index is 12.3. The Morgan fingerprint density at radius 3 is 2.53 bits per heavy atom. The van der Waals surface area contributed by atoms with Gasteiger partial charge in [0.1, 0.15) is 0 Å². The van der Waals surface area contributed by atoms with E-state index < -0.39 is 0 Å². The second-order valence-corrected chi connectivity index (χ2v) is 5.23. The molecule has 0 aromatic heterocycles. The molecule has 0 saturated carbocycles. The van der Waals surface area contributed by atoms with E-state index in [9.17, 15) is 9.59 Å². The van der Waals surface area contributed by atoms with E-state index in [1.807, 2.05) is 30.3 Å². The van der Waals surface area contributed by atoms with Crippen molar-refractivity contribution in [3.05, 3.63) is 41.5 Å². The maximum Gasteiger partial charge on any atom is 0.276 e. The molecule has 1 aromatic rings. The second-order valence-electron chi connectivity index (χ2n) is 5.23. The molecule has 0 spiro atoms. The first-order valence-corrected chi connectivity index (χ1v) is 6.59. The van der Waals surface area contributed by atoms with Gasteiger partial charge in [0.05, 0.1) is 5.69 Å². The molecular formula is C15H16N2O2. The first kappa shape index (κ1) is 12.0. The van der Waals surface area contributed by atoms with Crippen LogP contribution in [0.5, 0.6) is 0 Å². The number of carbonyl (C=O) groups is 2. The molecule has 1 aromatic carbocycles. The number of nitrogens with one attached hydrogen (secondary N) is 1. The first-order valence-electron chi connectivity index (χ1n) is 6.59. The highest BCUT2D eigenvalue weighted by molar-refractivity contribution is 6.20. The maximum absolute atomic E-state index is 12.3. The van der Waals surface area contributed by atoms with E-state index in [0.29, 0.717) is 29.9 Å². The second kappa shape index (κ2) is 4.53. The lowest BCUT2D eigenvalue weighted by atomic mass is 9.86. The molecule has 0 radical (unpaired) electrons. The van der Waals surface area contributed by atoms with Crippen molar-refractivity contribution in [1.29, 1.82) is 0 Å². The van der Waals surface area contributed by atoms with Crippen molar-refractivity contribution < 1.29 is 9.59 Å². The molecule has 1 atom stereocenters. The van der Waals surface area contributed by atoms with Crippen molar-refractivity contribution in [2.24, 2.45) is 5.92 Å². The molecule has 0 bridgehead atoms. The fourth-order valence-electron chi connectivity index (χ4n) is 2.67. The predicted octanol–water partition coefficient (Wildman–Crippen LogP) is 2.50. The summed E-state index contributed by atoms with van der Waals surface area (Å²) in [4.78, 5) is 24.5. The fourth-order valence-corrected chi connectivity index (χ4v) is 2.67. The Kier molecular flexibility index (Phi) is 2.85. The van der Waals surface area contributed by atoms with E-state index in [2.05, 4.69) is 12.3 Å². The first-order chi connectivity index (χ1) is 9.16. The van der Waals surface area contributed by atoms with Crippen LogP contribution in [0.4, 0.5) is 5.69 Å². The monoisotopic (exact) mass is 256 g/mol. The van der Waals surface area contributed by atoms with Gasteiger partial charge in [0.15, 0.2) is 0 Å². The molecular weight excluding hydrogens is 240 g/mol. The summed E-state index contributed by atoms with van der Waals surface area (Å²) in [5, 5.41) is 1.15. The van der Waals surface area contributed by atoms with Crippen LogP contribution >= 0.6 is 0 Å². The number of hydrogen-bond acceptors (Lipinski definition) is 3. The van der Waals surface area contributed by atoms with E-state index in [-0.39, 0.29) is 11.8 Å². The molecule has 1 unspecified atom stereocenters. The lowest BCUT2D eigenvalue weighted by Crippen LogP contribution is -2.37. The molecule has 1 heterocycles. The normalized spacial score (nSPS) is 22.8. The molecule has 4 nitrogen and oxygen atoms in total. The van der Waals surface area contributed by atoms with Gasteiger partial charge in [0.25, 0.3) is 11.8 Å². The Morgan fingerprint density at radius 1 is 1.11 bits per heavy atom. The fraction of sp³-hybridized carbons (Fsp3) is 0.333. The van der Waals surface area contributed by atoms with Gasteiger partial charge in [0.2, 0.25) is 0 Å². The minimum Gasteiger partial charge on any atom is -0.288 e. The lowest BCUT2D eigenvalue weighted by Gasteiger charge is -2.17. The van der Waals surface area contributed by atoms with Crippen molar-refractivity contribution in [2.45, 2.75) is 26.2 Å². The van der Waals surface area contributed by atoms with E-state index in [4.69, 9.17) is 0 Å². The van der Waals surface area contributed by atoms with Crippen molar-refractivity contribution >= 4 is 17.5 Å². The molecule has 2 amide bonds. The van der Waals surface area contributed by atoms with Gasteiger partial charge in [-0.25, -0.2) is 0 Å². The third kappa shape index (κ3) is 2.03. The van der Waals surface area contributed by atoms with E-state index in [1.165, 1.54) is 0 Å². The van der Waals surface area contributed by atoms with Crippen LogP contribution in [0.2, 0.25) is 0 Å². The van der Waals surface area contributed by atoms with Gasteiger partial charge in [-0.15, -0.1) is 0 Å². The Hall–Kier alpha value is -2.10. The summed E-state index contributed by atoms with van der Waals surface area (Å²) < 4.78 is 0. The number of hydrazine groups is 1. The van der Waals surface area contributed by atoms with Crippen LogP contribution in [0.25, 0.3) is 0 Å². The topological polar surface area (TPSA) is 49.4 Å². The van der Waals surface area contributed by atoms with Gasteiger partial charge in [-0.3, -0.25) is 15.0 Å². The number of amides is 2. The zero-order valence-electron chi connectivity index (χ0n) is 10.8. The number of imide groups is 1. The number of para-hydroxylation sites is 1. The summed E-state index contributed by atoms with van der Waals surface area (Å²) in [5.41, 5.74) is 5.05. The Labute approximate surface area is 112 Å². The summed E-state index contributed by atoms with van der Waals surface area (Å²) in [6, 6.07) is 9.29. The van der Waals surface area contributed by atoms with Gasteiger partial charge >= 0.3 is 0 Å². The largest absolute Gasteiger partial charge is 0.288 e. The molecule has 1 N–H and O–H groups in total. The number of hydrogen-bond donors (Lipinski definition) is 1. The SMILES string of the molecule is CC1CCC2=C(C1)C(=O)N(Nc1ccccc1)C2=O. The number of carbonyl (C=O) groups excluding carboxylic acids is 2. The molecule has 4 heteroatoms. The number of anilines is 1. The standard InChI is InChI=1S/C15H16N2O2/c1-10-7-8-12-13(9-10)15(19)17(14(12)18)16-11-5-3-2-4-6-11/h2-6,10,16H,7-9H2,1H3. The van der Waals surface area contributed by atoms with Gasteiger partial charge < -0.3 is 0 Å². The van der Waals surface area contributed by atoms with E-state index in [0.717, 1.165) is 17.1 Å². The number of nitrogens with zero attached hydrogens (tertiary/aromatic N) is 1. The summed E-state index contributed by atoms with van der Waals surface area (Å²) in [6.45, 7) is 2.12. The molecule has 0 saturated heterocycles. The van der Waals surface area contributed by atoms with E-state index >= 15 is 0 Å². The van der Waals surface area contributed by atoms with Crippen molar-refractivity contribution in [3.63, 3.8) is 0 Å². The molecule has 2 aliphatic rings. The number of rotatable bonds is 2. The van der Waals surface area contributed by atoms with Gasteiger partial charge in [0, 0.05) is 11.1 Å². The average molecular weight is 256 g/mol. The molecule has 3 rings (SSSR count). The summed E-state index contributed by atoms with van der Waals surface area (Å²) in [5.74, 6) is 0.110. The molecule has 1 aliphatic heterocycles. The zero-order chi connectivity index (χ0) is 13.4. The lowest BCUT2D eigenvalue weighted by molar-refractivity contribution is -0.136. The third-order valence-electron chi connectivity index (χ3n) is 3.74. The van der Waals surface area contributed by atoms with Crippen LogP contribution < -0.4 is 5.43 Å². The minimum absolute atomic E-state index is 0.184. The summed E-state index contributed by atoms with van der Waals surface area (Å²) >= 11 is 0. The Balaban J connectivity index is 1.83. The highest BCUT2D eigenvalue weighted by Crippen LogP contribution is 2.35. The van der Waals surface area contributed by atoms with Crippen molar-refractivity contribution in [3.8, 4) is 0 Å². The van der Waals surface area contributed by atoms with Crippen LogP contribution in [0.1, 0.15) is 26.2 Å². The van der Waals surface area contributed by atoms with Crippen LogP contribution in [-0.4, -0.2) is 16.8 Å². The number of benzene rings is 1. The summed E-state index contributed by atoms with van der Waals surface area (Å²) in [6.07, 6.45) is 2.41. The van der Waals surface area contributed by atoms with Crippen LogP contribution in [-0.2, 0) is 9.59 Å². The molecule has 19 heavy (non-hydrogen) atoms. The quantitative estimate of drug-likeness (QED) is 0.827. The summed E-state index contributed by atoms with van der Waals surface area (Å²) in [7, 11) is 0. The van der Waals surface area contributed by atoms with Crippen molar-refractivity contribution in [2.75, 3.05) is 5.43 Å². The van der Waals surface area contributed by atoms with Crippen molar-refractivity contribution in [1.82, 2.24) is 5.01 Å². The van der Waals surface area contributed by atoms with Crippen LogP contribution in [0, 0.1) is 5.92 Å². The predicted molar refractivity (Wildman–Crippen MR) is 72.0 cm³/mol. The molecule has 1 aliphatic carbocycles. The smallest absolute Gasteiger partial charge is 0.276 e.